The van der Waals surface area contributed by atoms with E-state index in [9.17, 15) is 5.11 Å². The average Bonchev–Trinajstić information content (AvgIpc) is 2.42. The summed E-state index contributed by atoms with van der Waals surface area (Å²) in [6.45, 7) is 5.41. The molecule has 0 amide bonds. The fourth-order valence-corrected chi connectivity index (χ4v) is 2.29. The summed E-state index contributed by atoms with van der Waals surface area (Å²) in [7, 11) is 5.75. The van der Waals surface area contributed by atoms with Crippen molar-refractivity contribution in [2.75, 3.05) is 27.2 Å². The lowest BCUT2D eigenvalue weighted by Gasteiger charge is -2.27. The molecule has 0 spiro atoms. The Hall–Kier alpha value is -0.620. The average molecular weight is 275 g/mol. The Bertz CT molecular complexity index is 401. The minimum absolute atomic E-state index is 0.506. The van der Waals surface area contributed by atoms with Crippen LogP contribution >= 0.6 is 11.6 Å². The SMILES string of the molecule is Cc1nn(C)c(CNCC(C)(O)CN(C)C)c1Cl. The van der Waals surface area contributed by atoms with Crippen LogP contribution < -0.4 is 5.32 Å². The van der Waals surface area contributed by atoms with Gasteiger partial charge in [-0.05, 0) is 27.9 Å². The lowest BCUT2D eigenvalue weighted by molar-refractivity contribution is 0.0334. The Morgan fingerprint density at radius 1 is 1.50 bits per heavy atom. The molecule has 0 saturated carbocycles. The minimum atomic E-state index is -0.760. The van der Waals surface area contributed by atoms with Crippen LogP contribution in [-0.2, 0) is 13.6 Å². The van der Waals surface area contributed by atoms with Gasteiger partial charge in [0, 0.05) is 26.7 Å². The van der Waals surface area contributed by atoms with E-state index in [4.69, 9.17) is 11.6 Å². The summed E-state index contributed by atoms with van der Waals surface area (Å²) in [5.41, 5.74) is 1.01. The number of hydrogen-bond acceptors (Lipinski definition) is 4. The second kappa shape index (κ2) is 6.02. The molecule has 18 heavy (non-hydrogen) atoms. The van der Waals surface area contributed by atoms with Crippen molar-refractivity contribution in [2.45, 2.75) is 26.0 Å². The Balaban J connectivity index is 2.51. The fourth-order valence-electron chi connectivity index (χ4n) is 2.06. The standard InChI is InChI=1S/C12H23ClN4O/c1-9-11(13)10(17(5)15-9)6-14-7-12(2,18)8-16(3)4/h14,18H,6-8H2,1-5H3. The highest BCUT2D eigenvalue weighted by molar-refractivity contribution is 6.31. The van der Waals surface area contributed by atoms with Crippen LogP contribution in [0, 0.1) is 6.92 Å². The molecule has 0 saturated heterocycles. The number of likely N-dealkylation sites (N-methyl/N-ethyl adjacent to an activating group) is 1. The molecule has 1 aromatic heterocycles. The zero-order valence-electron chi connectivity index (χ0n) is 11.8. The number of nitrogens with zero attached hydrogens (tertiary/aromatic N) is 3. The number of aryl methyl sites for hydroxylation is 2. The number of hydrogen-bond donors (Lipinski definition) is 2. The molecule has 0 aliphatic heterocycles. The smallest absolute Gasteiger partial charge is 0.0869 e. The summed E-state index contributed by atoms with van der Waals surface area (Å²) in [5, 5.41) is 18.3. The summed E-state index contributed by atoms with van der Waals surface area (Å²) in [6, 6.07) is 0. The van der Waals surface area contributed by atoms with E-state index >= 15 is 0 Å². The third-order valence-corrected chi connectivity index (χ3v) is 3.21. The van der Waals surface area contributed by atoms with Crippen LogP contribution in [0.4, 0.5) is 0 Å². The third kappa shape index (κ3) is 4.24. The molecule has 0 fully saturated rings. The van der Waals surface area contributed by atoms with Crippen molar-refractivity contribution in [3.8, 4) is 0 Å². The minimum Gasteiger partial charge on any atom is -0.388 e. The highest BCUT2D eigenvalue weighted by Crippen LogP contribution is 2.19. The van der Waals surface area contributed by atoms with E-state index in [1.807, 2.05) is 39.9 Å². The lowest BCUT2D eigenvalue weighted by Crippen LogP contribution is -2.45. The highest BCUT2D eigenvalue weighted by Gasteiger charge is 2.21. The Morgan fingerprint density at radius 3 is 2.56 bits per heavy atom. The maximum absolute atomic E-state index is 10.1. The summed E-state index contributed by atoms with van der Waals surface area (Å²) < 4.78 is 1.77. The first-order valence-electron chi connectivity index (χ1n) is 5.99. The summed E-state index contributed by atoms with van der Waals surface area (Å²) >= 11 is 6.15. The zero-order valence-corrected chi connectivity index (χ0v) is 12.5. The molecule has 1 atom stereocenters. The Morgan fingerprint density at radius 2 is 2.11 bits per heavy atom. The molecule has 1 unspecified atom stereocenters. The van der Waals surface area contributed by atoms with Crippen molar-refractivity contribution in [2.24, 2.45) is 7.05 Å². The molecule has 0 radical (unpaired) electrons. The Labute approximate surface area is 114 Å². The normalized spacial score (nSPS) is 15.1. The van der Waals surface area contributed by atoms with Gasteiger partial charge in [0.1, 0.15) is 0 Å². The van der Waals surface area contributed by atoms with E-state index in [0.29, 0.717) is 24.7 Å². The molecule has 6 heteroatoms. The number of nitrogens with one attached hydrogen (secondary N) is 1. The van der Waals surface area contributed by atoms with Gasteiger partial charge in [-0.25, -0.2) is 0 Å². The molecule has 1 rings (SSSR count). The van der Waals surface area contributed by atoms with E-state index in [1.54, 1.807) is 4.68 Å². The molecule has 104 valence electrons. The van der Waals surface area contributed by atoms with Crippen LogP contribution in [0.5, 0.6) is 0 Å². The van der Waals surface area contributed by atoms with Crippen molar-refractivity contribution in [3.05, 3.63) is 16.4 Å². The number of aromatic nitrogens is 2. The molecular weight excluding hydrogens is 252 g/mol. The maximum atomic E-state index is 10.1. The predicted octanol–water partition coefficient (Wildman–Crippen LogP) is 0.784. The van der Waals surface area contributed by atoms with Gasteiger partial charge in [0.2, 0.25) is 0 Å². The van der Waals surface area contributed by atoms with Crippen LogP contribution in [0.25, 0.3) is 0 Å². The summed E-state index contributed by atoms with van der Waals surface area (Å²) in [4.78, 5) is 1.96. The molecule has 0 bridgehead atoms. The van der Waals surface area contributed by atoms with Gasteiger partial charge >= 0.3 is 0 Å². The topological polar surface area (TPSA) is 53.3 Å². The van der Waals surface area contributed by atoms with Gasteiger partial charge in [-0.2, -0.15) is 5.10 Å². The predicted molar refractivity (Wildman–Crippen MR) is 73.8 cm³/mol. The molecule has 5 nitrogen and oxygen atoms in total. The highest BCUT2D eigenvalue weighted by atomic mass is 35.5. The van der Waals surface area contributed by atoms with Crippen molar-refractivity contribution in [1.82, 2.24) is 20.0 Å². The molecule has 0 aliphatic rings. The first kappa shape index (κ1) is 15.4. The second-order valence-corrected chi connectivity index (χ2v) is 5.69. The van der Waals surface area contributed by atoms with E-state index in [0.717, 1.165) is 11.4 Å². The largest absolute Gasteiger partial charge is 0.388 e. The molecule has 0 aromatic carbocycles. The number of aliphatic hydroxyl groups is 1. The van der Waals surface area contributed by atoms with Crippen LogP contribution in [-0.4, -0.2) is 52.6 Å². The van der Waals surface area contributed by atoms with Crippen molar-refractivity contribution in [1.29, 1.82) is 0 Å². The van der Waals surface area contributed by atoms with Gasteiger partial charge in [-0.3, -0.25) is 4.68 Å². The zero-order chi connectivity index (χ0) is 13.9. The van der Waals surface area contributed by atoms with Gasteiger partial charge in [-0.1, -0.05) is 11.6 Å². The summed E-state index contributed by atoms with van der Waals surface area (Å²) in [6.07, 6.45) is 0. The van der Waals surface area contributed by atoms with Gasteiger partial charge < -0.3 is 15.3 Å². The Kier molecular flexibility index (Phi) is 5.16. The molecule has 2 N–H and O–H groups in total. The van der Waals surface area contributed by atoms with Gasteiger partial charge in [0.05, 0.1) is 22.0 Å². The van der Waals surface area contributed by atoms with Crippen molar-refractivity contribution < 1.29 is 5.11 Å². The monoisotopic (exact) mass is 274 g/mol. The lowest BCUT2D eigenvalue weighted by atomic mass is 10.1. The first-order chi connectivity index (χ1) is 8.23. The van der Waals surface area contributed by atoms with Gasteiger partial charge in [0.25, 0.3) is 0 Å². The van der Waals surface area contributed by atoms with Crippen LogP contribution in [0.1, 0.15) is 18.3 Å². The first-order valence-corrected chi connectivity index (χ1v) is 6.36. The maximum Gasteiger partial charge on any atom is 0.0869 e. The van der Waals surface area contributed by atoms with Crippen molar-refractivity contribution in [3.63, 3.8) is 0 Å². The van der Waals surface area contributed by atoms with E-state index in [-0.39, 0.29) is 0 Å². The molecule has 0 aliphatic carbocycles. The van der Waals surface area contributed by atoms with Crippen LogP contribution in [0.3, 0.4) is 0 Å². The van der Waals surface area contributed by atoms with Crippen LogP contribution in [0.2, 0.25) is 5.02 Å². The van der Waals surface area contributed by atoms with Gasteiger partial charge in [-0.15, -0.1) is 0 Å². The summed E-state index contributed by atoms with van der Waals surface area (Å²) in [5.74, 6) is 0. The van der Waals surface area contributed by atoms with Crippen LogP contribution in [0.15, 0.2) is 0 Å². The van der Waals surface area contributed by atoms with Gasteiger partial charge in [0.15, 0.2) is 0 Å². The number of rotatable bonds is 6. The molecular formula is C12H23ClN4O. The van der Waals surface area contributed by atoms with E-state index in [1.165, 1.54) is 0 Å². The van der Waals surface area contributed by atoms with Crippen molar-refractivity contribution >= 4 is 11.6 Å². The molecule has 1 aromatic rings. The third-order valence-electron chi connectivity index (χ3n) is 2.72. The molecule has 1 heterocycles. The van der Waals surface area contributed by atoms with E-state index < -0.39 is 5.60 Å². The fraction of sp³-hybridized carbons (Fsp3) is 0.750. The quantitative estimate of drug-likeness (QED) is 0.805. The number of halogens is 1. The van der Waals surface area contributed by atoms with E-state index in [2.05, 4.69) is 10.4 Å². The second-order valence-electron chi connectivity index (χ2n) is 5.31.